The van der Waals surface area contributed by atoms with E-state index in [-0.39, 0.29) is 5.91 Å². The van der Waals surface area contributed by atoms with Crippen LogP contribution in [0.5, 0.6) is 0 Å². The minimum atomic E-state index is -0.155. The number of carbonyl (C=O) groups is 1. The van der Waals surface area contributed by atoms with E-state index in [2.05, 4.69) is 63.0 Å². The Morgan fingerprint density at radius 3 is 2.60 bits per heavy atom. The number of aromatic nitrogens is 3. The van der Waals surface area contributed by atoms with Crippen molar-refractivity contribution in [2.45, 2.75) is 31.7 Å². The molecule has 1 aromatic heterocycles. The van der Waals surface area contributed by atoms with Crippen LogP contribution in [0.3, 0.4) is 0 Å². The summed E-state index contributed by atoms with van der Waals surface area (Å²) in [7, 11) is 0. The lowest BCUT2D eigenvalue weighted by atomic mass is 9.91. The lowest BCUT2D eigenvalue weighted by Gasteiger charge is -2.33. The van der Waals surface area contributed by atoms with Crippen LogP contribution in [0.1, 0.15) is 40.4 Å². The molecular weight excluding hydrogens is 374 g/mol. The number of rotatable bonds is 8. The number of nitrogens with zero attached hydrogens (tertiary/aromatic N) is 4. The predicted octanol–water partition coefficient (Wildman–Crippen LogP) is 3.13. The highest BCUT2D eigenvalue weighted by Gasteiger charge is 2.21. The van der Waals surface area contributed by atoms with E-state index in [0.717, 1.165) is 26.1 Å². The molecule has 1 aliphatic rings. The normalized spacial score (nSPS) is 17.0. The zero-order valence-electron chi connectivity index (χ0n) is 17.3. The van der Waals surface area contributed by atoms with E-state index in [0.29, 0.717) is 24.7 Å². The summed E-state index contributed by atoms with van der Waals surface area (Å²) in [5.41, 5.74) is 3.04. The molecule has 30 heavy (non-hydrogen) atoms. The van der Waals surface area contributed by atoms with Crippen molar-refractivity contribution < 1.29 is 4.79 Å². The summed E-state index contributed by atoms with van der Waals surface area (Å²) in [5, 5.41) is 11.1. The highest BCUT2D eigenvalue weighted by molar-refractivity contribution is 5.91. The zero-order chi connectivity index (χ0) is 20.6. The van der Waals surface area contributed by atoms with Crippen LogP contribution >= 0.6 is 0 Å². The Labute approximate surface area is 177 Å². The number of hydrogen-bond donors (Lipinski definition) is 1. The fraction of sp³-hybridized carbons (Fsp3) is 0.375. The molecule has 1 amide bonds. The zero-order valence-corrected chi connectivity index (χ0v) is 17.3. The summed E-state index contributed by atoms with van der Waals surface area (Å²) in [5.74, 6) is 0.428. The second-order valence-corrected chi connectivity index (χ2v) is 7.91. The number of piperidine rings is 1. The molecule has 0 unspecified atom stereocenters. The molecule has 0 aliphatic carbocycles. The van der Waals surface area contributed by atoms with E-state index in [1.807, 2.05) is 18.2 Å². The van der Waals surface area contributed by atoms with E-state index >= 15 is 0 Å². The first-order valence-electron chi connectivity index (χ1n) is 10.8. The van der Waals surface area contributed by atoms with Gasteiger partial charge in [0.2, 0.25) is 0 Å². The third kappa shape index (κ3) is 5.54. The Morgan fingerprint density at radius 2 is 1.80 bits per heavy atom. The minimum Gasteiger partial charge on any atom is -0.349 e. The van der Waals surface area contributed by atoms with Gasteiger partial charge in [-0.15, -0.1) is 5.10 Å². The topological polar surface area (TPSA) is 63.1 Å². The van der Waals surface area contributed by atoms with Crippen molar-refractivity contribution in [3.63, 3.8) is 0 Å². The van der Waals surface area contributed by atoms with E-state index < -0.39 is 0 Å². The third-order valence-corrected chi connectivity index (χ3v) is 5.73. The van der Waals surface area contributed by atoms with Crippen LogP contribution < -0.4 is 5.32 Å². The maximum Gasteiger partial charge on any atom is 0.273 e. The van der Waals surface area contributed by atoms with Gasteiger partial charge >= 0.3 is 0 Å². The fourth-order valence-corrected chi connectivity index (χ4v) is 4.07. The Hall–Kier alpha value is -2.99. The molecule has 1 aliphatic heterocycles. The highest BCUT2D eigenvalue weighted by atomic mass is 16.2. The summed E-state index contributed by atoms with van der Waals surface area (Å²) in [6.07, 6.45) is 5.02. The Balaban J connectivity index is 1.21. The van der Waals surface area contributed by atoms with Gasteiger partial charge in [-0.05, 0) is 42.9 Å². The van der Waals surface area contributed by atoms with Crippen molar-refractivity contribution in [1.29, 1.82) is 0 Å². The van der Waals surface area contributed by atoms with Crippen molar-refractivity contribution in [3.05, 3.63) is 83.7 Å². The molecule has 6 nitrogen and oxygen atoms in total. The molecule has 3 aromatic rings. The molecule has 0 bridgehead atoms. The summed E-state index contributed by atoms with van der Waals surface area (Å²) in [6, 6.07) is 21.0. The molecule has 0 radical (unpaired) electrons. The average Bonchev–Trinajstić information content (AvgIpc) is 3.28. The number of amides is 1. The molecule has 1 N–H and O–H groups in total. The van der Waals surface area contributed by atoms with Crippen LogP contribution in [0, 0.1) is 0 Å². The SMILES string of the molecule is O=C(NCCN1CCC[C@@H](c2ccccc2)C1)c1cn(CCc2ccccc2)nn1. The Bertz CT molecular complexity index is 925. The Morgan fingerprint density at radius 1 is 1.03 bits per heavy atom. The summed E-state index contributed by atoms with van der Waals surface area (Å²) >= 11 is 0. The first-order chi connectivity index (χ1) is 14.8. The highest BCUT2D eigenvalue weighted by Crippen LogP contribution is 2.26. The predicted molar refractivity (Wildman–Crippen MR) is 117 cm³/mol. The van der Waals surface area contributed by atoms with Crippen molar-refractivity contribution >= 4 is 5.91 Å². The smallest absolute Gasteiger partial charge is 0.273 e. The summed E-state index contributed by atoms with van der Waals surface area (Å²) < 4.78 is 1.73. The molecule has 2 aromatic carbocycles. The average molecular weight is 404 g/mol. The molecule has 1 saturated heterocycles. The summed E-state index contributed by atoms with van der Waals surface area (Å²) in [4.78, 5) is 14.9. The van der Waals surface area contributed by atoms with Crippen LogP contribution in [-0.4, -0.2) is 52.0 Å². The van der Waals surface area contributed by atoms with Gasteiger partial charge in [0.15, 0.2) is 5.69 Å². The molecule has 4 rings (SSSR count). The quantitative estimate of drug-likeness (QED) is 0.628. The van der Waals surface area contributed by atoms with Gasteiger partial charge in [-0.1, -0.05) is 65.9 Å². The maximum absolute atomic E-state index is 12.4. The first kappa shape index (κ1) is 20.3. The molecule has 1 fully saturated rings. The van der Waals surface area contributed by atoms with Crippen LogP contribution in [-0.2, 0) is 13.0 Å². The number of nitrogens with one attached hydrogen (secondary N) is 1. The number of benzene rings is 2. The number of hydrogen-bond acceptors (Lipinski definition) is 4. The van der Waals surface area contributed by atoms with E-state index in [1.54, 1.807) is 10.9 Å². The molecule has 0 saturated carbocycles. The van der Waals surface area contributed by atoms with Gasteiger partial charge in [0.25, 0.3) is 5.91 Å². The lowest BCUT2D eigenvalue weighted by molar-refractivity contribution is 0.0940. The van der Waals surface area contributed by atoms with Crippen molar-refractivity contribution in [2.24, 2.45) is 0 Å². The van der Waals surface area contributed by atoms with Crippen LogP contribution in [0.25, 0.3) is 0 Å². The van der Waals surface area contributed by atoms with Gasteiger partial charge in [-0.25, -0.2) is 0 Å². The molecule has 156 valence electrons. The van der Waals surface area contributed by atoms with Crippen molar-refractivity contribution in [2.75, 3.05) is 26.2 Å². The van der Waals surface area contributed by atoms with Gasteiger partial charge in [0.1, 0.15) is 0 Å². The van der Waals surface area contributed by atoms with E-state index in [9.17, 15) is 4.79 Å². The molecule has 0 spiro atoms. The Kier molecular flexibility index (Phi) is 6.87. The van der Waals surface area contributed by atoms with Gasteiger partial charge < -0.3 is 10.2 Å². The van der Waals surface area contributed by atoms with Gasteiger partial charge in [0.05, 0.1) is 6.20 Å². The maximum atomic E-state index is 12.4. The van der Waals surface area contributed by atoms with Crippen LogP contribution in [0.2, 0.25) is 0 Å². The van der Waals surface area contributed by atoms with Crippen LogP contribution in [0.15, 0.2) is 66.9 Å². The molecule has 2 heterocycles. The monoisotopic (exact) mass is 403 g/mol. The van der Waals surface area contributed by atoms with E-state index in [4.69, 9.17) is 0 Å². The third-order valence-electron chi connectivity index (χ3n) is 5.73. The van der Waals surface area contributed by atoms with Crippen molar-refractivity contribution in [3.8, 4) is 0 Å². The molecule has 1 atom stereocenters. The first-order valence-corrected chi connectivity index (χ1v) is 10.8. The lowest BCUT2D eigenvalue weighted by Crippen LogP contribution is -2.40. The second kappa shape index (κ2) is 10.2. The van der Waals surface area contributed by atoms with Gasteiger partial charge in [-0.2, -0.15) is 0 Å². The second-order valence-electron chi connectivity index (χ2n) is 7.91. The van der Waals surface area contributed by atoms with Gasteiger partial charge in [-0.3, -0.25) is 9.48 Å². The van der Waals surface area contributed by atoms with E-state index in [1.165, 1.54) is 24.0 Å². The van der Waals surface area contributed by atoms with Gasteiger partial charge in [0, 0.05) is 26.2 Å². The standard InChI is InChI=1S/C24H29N5O/c30-24(23-19-29(27-26-23)16-13-20-8-3-1-4-9-20)25-14-17-28-15-7-12-22(18-28)21-10-5-2-6-11-21/h1-6,8-11,19,22H,7,12-18H2,(H,25,30)/t22-/m1/s1. The number of aryl methyl sites for hydroxylation is 2. The summed E-state index contributed by atoms with van der Waals surface area (Å²) in [6.45, 7) is 4.33. The fourth-order valence-electron chi connectivity index (χ4n) is 4.07. The minimum absolute atomic E-state index is 0.155. The largest absolute Gasteiger partial charge is 0.349 e. The number of carbonyl (C=O) groups excluding carboxylic acids is 1. The molecular formula is C24H29N5O. The van der Waals surface area contributed by atoms with Crippen molar-refractivity contribution in [1.82, 2.24) is 25.2 Å². The number of likely N-dealkylation sites (tertiary alicyclic amines) is 1. The molecule has 6 heteroatoms. The van der Waals surface area contributed by atoms with Crippen LogP contribution in [0.4, 0.5) is 0 Å².